The van der Waals surface area contributed by atoms with Crippen molar-refractivity contribution in [3.63, 3.8) is 0 Å². The topological polar surface area (TPSA) is 33.1 Å². The summed E-state index contributed by atoms with van der Waals surface area (Å²) in [6.07, 6.45) is 1.16. The first-order valence-corrected chi connectivity index (χ1v) is 7.11. The molecular formula is C16H12INO. The molecule has 1 heterocycles. The predicted octanol–water partition coefficient (Wildman–Crippen LogP) is 3.92. The van der Waals surface area contributed by atoms with Crippen LogP contribution in [0.25, 0.3) is 10.9 Å². The van der Waals surface area contributed by atoms with E-state index in [2.05, 4.69) is 27.6 Å². The van der Waals surface area contributed by atoms with Crippen LogP contribution in [-0.2, 0) is 0 Å². The molecule has 0 radical (unpaired) electrons. The van der Waals surface area contributed by atoms with Crippen molar-refractivity contribution in [1.82, 2.24) is 4.98 Å². The molecule has 0 fully saturated rings. The number of hydrogen-bond acceptors (Lipinski definition) is 2. The maximum atomic E-state index is 10.5. The van der Waals surface area contributed by atoms with Gasteiger partial charge in [0.25, 0.3) is 0 Å². The molecule has 0 aliphatic rings. The number of fused-ring (bicyclic) bond motifs is 1. The average Bonchev–Trinajstić information content (AvgIpc) is 2.46. The molecule has 1 atom stereocenters. The van der Waals surface area contributed by atoms with Gasteiger partial charge in [-0.25, -0.2) is 0 Å². The summed E-state index contributed by atoms with van der Waals surface area (Å²) in [7, 11) is 0. The average molecular weight is 361 g/mol. The number of halogens is 1. The van der Waals surface area contributed by atoms with E-state index < -0.39 is 6.10 Å². The number of aliphatic hydroxyl groups excluding tert-OH is 1. The fraction of sp³-hybridized carbons (Fsp3) is 0.0625. The highest BCUT2D eigenvalue weighted by molar-refractivity contribution is 14.1. The Hall–Kier alpha value is -1.46. The third-order valence-corrected chi connectivity index (χ3v) is 4.13. The van der Waals surface area contributed by atoms with E-state index in [0.717, 1.165) is 25.6 Å². The van der Waals surface area contributed by atoms with Gasteiger partial charge in [-0.3, -0.25) is 4.98 Å². The molecule has 0 aliphatic heterocycles. The minimum absolute atomic E-state index is 0.612. The fourth-order valence-electron chi connectivity index (χ4n) is 2.13. The van der Waals surface area contributed by atoms with Crippen LogP contribution in [-0.4, -0.2) is 10.1 Å². The molecule has 0 spiro atoms. The van der Waals surface area contributed by atoms with Gasteiger partial charge in [-0.05, 0) is 51.9 Å². The molecule has 2 aromatic carbocycles. The largest absolute Gasteiger partial charge is 0.384 e. The maximum absolute atomic E-state index is 10.5. The van der Waals surface area contributed by atoms with Crippen LogP contribution < -0.4 is 0 Å². The summed E-state index contributed by atoms with van der Waals surface area (Å²) in [5, 5.41) is 11.6. The molecule has 3 heteroatoms. The SMILES string of the molecule is OC(c1ccc2cccnc2c1)c1ccccc1I. The van der Waals surface area contributed by atoms with Crippen LogP contribution in [0.1, 0.15) is 17.2 Å². The molecule has 94 valence electrons. The first-order chi connectivity index (χ1) is 9.25. The smallest absolute Gasteiger partial charge is 0.105 e. The normalized spacial score (nSPS) is 12.5. The lowest BCUT2D eigenvalue weighted by Gasteiger charge is -2.13. The molecule has 0 aliphatic carbocycles. The van der Waals surface area contributed by atoms with Crippen LogP contribution in [0.5, 0.6) is 0 Å². The monoisotopic (exact) mass is 361 g/mol. The number of nitrogens with zero attached hydrogens (tertiary/aromatic N) is 1. The molecule has 1 N–H and O–H groups in total. The van der Waals surface area contributed by atoms with E-state index in [0.29, 0.717) is 0 Å². The number of aliphatic hydroxyl groups is 1. The van der Waals surface area contributed by atoms with Gasteiger partial charge in [-0.15, -0.1) is 0 Å². The van der Waals surface area contributed by atoms with E-state index in [9.17, 15) is 5.11 Å². The number of benzene rings is 2. The molecule has 3 aromatic rings. The molecule has 1 unspecified atom stereocenters. The third kappa shape index (κ3) is 2.48. The summed E-state index contributed by atoms with van der Waals surface area (Å²) in [5.41, 5.74) is 2.71. The Labute approximate surface area is 125 Å². The van der Waals surface area contributed by atoms with E-state index in [1.54, 1.807) is 6.20 Å². The lowest BCUT2D eigenvalue weighted by Crippen LogP contribution is -2.01. The van der Waals surface area contributed by atoms with Gasteiger partial charge in [0, 0.05) is 15.2 Å². The van der Waals surface area contributed by atoms with E-state index in [-0.39, 0.29) is 0 Å². The molecule has 3 rings (SSSR count). The second kappa shape index (κ2) is 5.27. The molecule has 19 heavy (non-hydrogen) atoms. The zero-order valence-electron chi connectivity index (χ0n) is 10.1. The predicted molar refractivity (Wildman–Crippen MR) is 85.0 cm³/mol. The van der Waals surface area contributed by atoms with Crippen molar-refractivity contribution >= 4 is 33.5 Å². The van der Waals surface area contributed by atoms with Crippen molar-refractivity contribution in [2.45, 2.75) is 6.10 Å². The minimum Gasteiger partial charge on any atom is -0.384 e. The van der Waals surface area contributed by atoms with Gasteiger partial charge in [0.1, 0.15) is 6.10 Å². The van der Waals surface area contributed by atoms with Gasteiger partial charge in [0.2, 0.25) is 0 Å². The number of rotatable bonds is 2. The summed E-state index contributed by atoms with van der Waals surface area (Å²) in [4.78, 5) is 4.33. The number of pyridine rings is 1. The Morgan fingerprint density at radius 1 is 1.00 bits per heavy atom. The summed E-state index contributed by atoms with van der Waals surface area (Å²) in [5.74, 6) is 0. The van der Waals surface area contributed by atoms with Crippen molar-refractivity contribution in [2.75, 3.05) is 0 Å². The third-order valence-electron chi connectivity index (χ3n) is 3.15. The highest BCUT2D eigenvalue weighted by Crippen LogP contribution is 2.27. The first kappa shape index (κ1) is 12.6. The molecule has 0 amide bonds. The van der Waals surface area contributed by atoms with Crippen LogP contribution in [0.3, 0.4) is 0 Å². The summed E-state index contributed by atoms with van der Waals surface area (Å²) in [6, 6.07) is 17.7. The van der Waals surface area contributed by atoms with E-state index in [4.69, 9.17) is 0 Å². The molecule has 0 saturated carbocycles. The van der Waals surface area contributed by atoms with Crippen molar-refractivity contribution in [3.8, 4) is 0 Å². The number of hydrogen-bond donors (Lipinski definition) is 1. The molecule has 0 bridgehead atoms. The maximum Gasteiger partial charge on any atom is 0.105 e. The van der Waals surface area contributed by atoms with Crippen molar-refractivity contribution in [1.29, 1.82) is 0 Å². The van der Waals surface area contributed by atoms with E-state index >= 15 is 0 Å². The molecular weight excluding hydrogens is 349 g/mol. The van der Waals surface area contributed by atoms with Gasteiger partial charge >= 0.3 is 0 Å². The van der Waals surface area contributed by atoms with E-state index in [1.165, 1.54) is 0 Å². The second-order valence-electron chi connectivity index (χ2n) is 4.38. The Morgan fingerprint density at radius 3 is 2.68 bits per heavy atom. The van der Waals surface area contributed by atoms with Crippen molar-refractivity contribution in [3.05, 3.63) is 75.5 Å². The van der Waals surface area contributed by atoms with Gasteiger partial charge in [-0.1, -0.05) is 36.4 Å². The van der Waals surface area contributed by atoms with Gasteiger partial charge in [-0.2, -0.15) is 0 Å². The lowest BCUT2D eigenvalue weighted by molar-refractivity contribution is 0.219. The second-order valence-corrected chi connectivity index (χ2v) is 5.54. The zero-order valence-corrected chi connectivity index (χ0v) is 12.3. The number of aromatic nitrogens is 1. The van der Waals surface area contributed by atoms with Crippen LogP contribution in [0, 0.1) is 3.57 Å². The highest BCUT2D eigenvalue weighted by Gasteiger charge is 2.13. The summed E-state index contributed by atoms with van der Waals surface area (Å²) in [6.45, 7) is 0. The quantitative estimate of drug-likeness (QED) is 0.702. The first-order valence-electron chi connectivity index (χ1n) is 6.03. The zero-order chi connectivity index (χ0) is 13.2. The Kier molecular flexibility index (Phi) is 3.48. The van der Waals surface area contributed by atoms with Crippen LogP contribution in [0.4, 0.5) is 0 Å². The van der Waals surface area contributed by atoms with Crippen molar-refractivity contribution < 1.29 is 5.11 Å². The Balaban J connectivity index is 2.07. The fourth-order valence-corrected chi connectivity index (χ4v) is 2.81. The van der Waals surface area contributed by atoms with Crippen LogP contribution in [0.2, 0.25) is 0 Å². The Morgan fingerprint density at radius 2 is 1.84 bits per heavy atom. The van der Waals surface area contributed by atoms with Crippen LogP contribution >= 0.6 is 22.6 Å². The standard InChI is InChI=1S/C16H12INO/c17-14-6-2-1-5-13(14)16(19)12-8-7-11-4-3-9-18-15(11)10-12/h1-10,16,19H. The molecule has 0 saturated heterocycles. The minimum atomic E-state index is -0.612. The lowest BCUT2D eigenvalue weighted by atomic mass is 10.0. The Bertz CT molecular complexity index is 727. The van der Waals surface area contributed by atoms with Gasteiger partial charge in [0.15, 0.2) is 0 Å². The summed E-state index contributed by atoms with van der Waals surface area (Å²) >= 11 is 2.24. The van der Waals surface area contributed by atoms with Gasteiger partial charge in [0.05, 0.1) is 5.52 Å². The molecule has 2 nitrogen and oxygen atoms in total. The summed E-state index contributed by atoms with van der Waals surface area (Å²) < 4.78 is 1.06. The van der Waals surface area contributed by atoms with Crippen molar-refractivity contribution in [2.24, 2.45) is 0 Å². The molecule has 1 aromatic heterocycles. The van der Waals surface area contributed by atoms with Gasteiger partial charge < -0.3 is 5.11 Å². The van der Waals surface area contributed by atoms with E-state index in [1.807, 2.05) is 54.6 Å². The van der Waals surface area contributed by atoms with Crippen LogP contribution in [0.15, 0.2) is 60.8 Å². The highest BCUT2D eigenvalue weighted by atomic mass is 127.